The van der Waals surface area contributed by atoms with Gasteiger partial charge in [0.1, 0.15) is 0 Å². The third-order valence-electron chi connectivity index (χ3n) is 3.27. The lowest BCUT2D eigenvalue weighted by atomic mass is 9.94. The van der Waals surface area contributed by atoms with Gasteiger partial charge in [0.05, 0.1) is 12.5 Å². The van der Waals surface area contributed by atoms with Crippen LogP contribution in [0.25, 0.3) is 0 Å². The summed E-state index contributed by atoms with van der Waals surface area (Å²) in [5.74, 6) is -3.88. The van der Waals surface area contributed by atoms with E-state index in [1.54, 1.807) is 0 Å². The van der Waals surface area contributed by atoms with E-state index in [0.717, 1.165) is 6.07 Å². The highest BCUT2D eigenvalue weighted by Gasteiger charge is 2.71. The van der Waals surface area contributed by atoms with Gasteiger partial charge in [-0.15, -0.1) is 0 Å². The summed E-state index contributed by atoms with van der Waals surface area (Å²) >= 11 is 0. The van der Waals surface area contributed by atoms with Crippen molar-refractivity contribution in [2.45, 2.75) is 17.8 Å². The molecular weight excluding hydrogens is 232 g/mol. The zero-order valence-electron chi connectivity index (χ0n) is 9.20. The lowest BCUT2D eigenvalue weighted by Crippen LogP contribution is -2.26. The van der Waals surface area contributed by atoms with E-state index in [4.69, 9.17) is 10.5 Å². The average Bonchev–Trinajstić information content (AvgIpc) is 2.86. The van der Waals surface area contributed by atoms with Crippen molar-refractivity contribution in [3.8, 4) is 17.2 Å². The summed E-state index contributed by atoms with van der Waals surface area (Å²) in [5, 5.41) is 18.9. The first-order valence-electron chi connectivity index (χ1n) is 5.06. The predicted octanol–water partition coefficient (Wildman–Crippen LogP) is 1.34. The second kappa shape index (κ2) is 3.46. The molecule has 0 aliphatic heterocycles. The van der Waals surface area contributed by atoms with Crippen LogP contribution in [0.4, 0.5) is 8.78 Å². The molecule has 4 N–H and O–H groups in total. The number of nitrogens with two attached hydrogens (primary N) is 1. The minimum Gasteiger partial charge on any atom is -0.504 e. The average molecular weight is 245 g/mol. The topological polar surface area (TPSA) is 75.7 Å². The van der Waals surface area contributed by atoms with Crippen LogP contribution in [0.3, 0.4) is 0 Å². The van der Waals surface area contributed by atoms with Gasteiger partial charge in [-0.3, -0.25) is 0 Å². The Morgan fingerprint density at radius 2 is 2.00 bits per heavy atom. The molecule has 0 radical (unpaired) electrons. The molecule has 17 heavy (non-hydrogen) atoms. The van der Waals surface area contributed by atoms with Gasteiger partial charge in [0.15, 0.2) is 11.5 Å². The number of alkyl halides is 2. The summed E-state index contributed by atoms with van der Waals surface area (Å²) < 4.78 is 31.5. The highest BCUT2D eigenvalue weighted by molar-refractivity contribution is 5.56. The zero-order chi connectivity index (χ0) is 12.8. The summed E-state index contributed by atoms with van der Waals surface area (Å²) in [4.78, 5) is 0. The molecule has 0 bridgehead atoms. The van der Waals surface area contributed by atoms with Gasteiger partial charge in [-0.25, -0.2) is 8.78 Å². The van der Waals surface area contributed by atoms with Crippen LogP contribution in [0, 0.1) is 0 Å². The first kappa shape index (κ1) is 11.9. The predicted molar refractivity (Wildman–Crippen MR) is 56.6 cm³/mol. The summed E-state index contributed by atoms with van der Waals surface area (Å²) in [6, 6.07) is 2.38. The van der Waals surface area contributed by atoms with E-state index in [-0.39, 0.29) is 24.3 Å². The molecule has 0 amide bonds. The number of hydrogen-bond acceptors (Lipinski definition) is 4. The van der Waals surface area contributed by atoms with Crippen LogP contribution in [0.2, 0.25) is 0 Å². The van der Waals surface area contributed by atoms with Gasteiger partial charge < -0.3 is 20.7 Å². The second-order valence-electron chi connectivity index (χ2n) is 4.21. The van der Waals surface area contributed by atoms with Gasteiger partial charge in [-0.2, -0.15) is 0 Å². The van der Waals surface area contributed by atoms with Crippen molar-refractivity contribution in [3.63, 3.8) is 0 Å². The Morgan fingerprint density at radius 3 is 2.41 bits per heavy atom. The number of hydrogen-bond donors (Lipinski definition) is 3. The summed E-state index contributed by atoms with van der Waals surface area (Å²) in [6.07, 6.45) is -0.357. The van der Waals surface area contributed by atoms with E-state index >= 15 is 0 Å². The molecular formula is C11H13F2NO3. The third kappa shape index (κ3) is 1.51. The Morgan fingerprint density at radius 1 is 1.41 bits per heavy atom. The highest BCUT2D eigenvalue weighted by Crippen LogP contribution is 2.62. The fourth-order valence-electron chi connectivity index (χ4n) is 2.01. The number of halogens is 2. The second-order valence-corrected chi connectivity index (χ2v) is 4.21. The molecule has 1 aromatic rings. The largest absolute Gasteiger partial charge is 0.504 e. The van der Waals surface area contributed by atoms with Gasteiger partial charge in [0.25, 0.3) is 5.92 Å². The van der Waals surface area contributed by atoms with Gasteiger partial charge in [-0.1, -0.05) is 0 Å². The molecule has 0 aromatic heterocycles. The molecule has 4 nitrogen and oxygen atoms in total. The molecule has 0 saturated heterocycles. The number of aromatic hydroxyl groups is 2. The first-order chi connectivity index (χ1) is 7.88. The van der Waals surface area contributed by atoms with Crippen molar-refractivity contribution in [1.29, 1.82) is 0 Å². The molecule has 1 aliphatic carbocycles. The molecule has 1 atom stereocenters. The quantitative estimate of drug-likeness (QED) is 0.702. The van der Waals surface area contributed by atoms with E-state index in [9.17, 15) is 19.0 Å². The first-order valence-corrected chi connectivity index (χ1v) is 5.06. The normalized spacial score (nSPS) is 25.6. The highest BCUT2D eigenvalue weighted by atomic mass is 19.3. The molecule has 0 heterocycles. The van der Waals surface area contributed by atoms with E-state index in [2.05, 4.69) is 0 Å². The summed E-state index contributed by atoms with van der Waals surface area (Å²) in [6.45, 7) is -0.229. The molecule has 94 valence electrons. The number of phenols is 2. The van der Waals surface area contributed by atoms with Crippen LogP contribution in [-0.4, -0.2) is 29.8 Å². The summed E-state index contributed by atoms with van der Waals surface area (Å²) in [5.41, 5.74) is 4.12. The monoisotopic (exact) mass is 245 g/mol. The van der Waals surface area contributed by atoms with Crippen molar-refractivity contribution in [3.05, 3.63) is 17.7 Å². The Balaban J connectivity index is 2.51. The molecule has 0 spiro atoms. The van der Waals surface area contributed by atoms with Crippen LogP contribution < -0.4 is 10.5 Å². The minimum absolute atomic E-state index is 0.0458. The van der Waals surface area contributed by atoms with Crippen LogP contribution >= 0.6 is 0 Å². The van der Waals surface area contributed by atoms with Gasteiger partial charge in [-0.05, 0) is 17.7 Å². The number of rotatable bonds is 3. The van der Waals surface area contributed by atoms with Crippen molar-refractivity contribution >= 4 is 0 Å². The number of benzene rings is 1. The Kier molecular flexibility index (Phi) is 2.43. The lowest BCUT2D eigenvalue weighted by Gasteiger charge is -2.16. The van der Waals surface area contributed by atoms with Crippen molar-refractivity contribution in [2.75, 3.05) is 13.7 Å². The lowest BCUT2D eigenvalue weighted by molar-refractivity contribution is 0.0895. The van der Waals surface area contributed by atoms with E-state index < -0.39 is 22.8 Å². The fraction of sp³-hybridized carbons (Fsp3) is 0.455. The SMILES string of the molecule is COc1cc(C2(CN)CC2(F)F)cc(O)c1O. The molecule has 1 aromatic carbocycles. The van der Waals surface area contributed by atoms with Crippen LogP contribution in [0.5, 0.6) is 17.2 Å². The Labute approximate surface area is 96.6 Å². The van der Waals surface area contributed by atoms with E-state index in [1.165, 1.54) is 13.2 Å². The van der Waals surface area contributed by atoms with Gasteiger partial charge >= 0.3 is 0 Å². The Hall–Kier alpha value is -1.56. The molecule has 2 rings (SSSR count). The molecule has 1 saturated carbocycles. The Bertz CT molecular complexity index is 464. The molecule has 1 aliphatic rings. The van der Waals surface area contributed by atoms with E-state index in [0.29, 0.717) is 0 Å². The van der Waals surface area contributed by atoms with Crippen molar-refractivity contribution in [1.82, 2.24) is 0 Å². The van der Waals surface area contributed by atoms with Gasteiger partial charge in [0.2, 0.25) is 5.75 Å². The maximum atomic E-state index is 13.3. The molecule has 1 unspecified atom stereocenters. The van der Waals surface area contributed by atoms with Gasteiger partial charge in [0, 0.05) is 13.0 Å². The number of phenolic OH excluding ortho intramolecular Hbond substituents is 2. The van der Waals surface area contributed by atoms with E-state index in [1.807, 2.05) is 0 Å². The van der Waals surface area contributed by atoms with Crippen molar-refractivity contribution in [2.24, 2.45) is 5.73 Å². The minimum atomic E-state index is -2.88. The zero-order valence-corrected chi connectivity index (χ0v) is 9.20. The standard InChI is InChI=1S/C11H13F2NO3/c1-17-8-3-6(2-7(15)9(8)16)10(5-14)4-11(10,12)13/h2-3,15-16H,4-5,14H2,1H3. The smallest absolute Gasteiger partial charge is 0.260 e. The maximum Gasteiger partial charge on any atom is 0.260 e. The van der Waals surface area contributed by atoms with Crippen LogP contribution in [-0.2, 0) is 5.41 Å². The third-order valence-corrected chi connectivity index (χ3v) is 3.27. The van der Waals surface area contributed by atoms with Crippen molar-refractivity contribution < 1.29 is 23.7 Å². The molecule has 6 heteroatoms. The molecule has 1 fully saturated rings. The van der Waals surface area contributed by atoms with Crippen LogP contribution in [0.1, 0.15) is 12.0 Å². The van der Waals surface area contributed by atoms with Crippen LogP contribution in [0.15, 0.2) is 12.1 Å². The maximum absolute atomic E-state index is 13.3. The number of ether oxygens (including phenoxy) is 1. The number of methoxy groups -OCH3 is 1. The fourth-order valence-corrected chi connectivity index (χ4v) is 2.01. The summed E-state index contributed by atoms with van der Waals surface area (Å²) in [7, 11) is 1.28.